The Morgan fingerprint density at radius 2 is 1.59 bits per heavy atom. The quantitative estimate of drug-likeness (QED) is 0.289. The van der Waals surface area contributed by atoms with Crippen LogP contribution < -0.4 is 4.74 Å². The van der Waals surface area contributed by atoms with Crippen molar-refractivity contribution in [2.24, 2.45) is 0 Å². The zero-order valence-corrected chi connectivity index (χ0v) is 18.9. The number of halogens is 3. The fourth-order valence-corrected chi connectivity index (χ4v) is 4.52. The summed E-state index contributed by atoms with van der Waals surface area (Å²) in [6, 6.07) is 17.2. The fourth-order valence-electron chi connectivity index (χ4n) is 3.03. The summed E-state index contributed by atoms with van der Waals surface area (Å²) in [6.07, 6.45) is 1.72. The molecule has 0 aliphatic carbocycles. The minimum absolute atomic E-state index is 0.211. The molecule has 1 amide bonds. The lowest BCUT2D eigenvalue weighted by Crippen LogP contribution is -2.27. The van der Waals surface area contributed by atoms with Crippen LogP contribution in [-0.4, -0.2) is 15.1 Å². The molecule has 4 rings (SSSR count). The van der Waals surface area contributed by atoms with Crippen molar-refractivity contribution in [2.45, 2.75) is 13.2 Å². The highest BCUT2D eigenvalue weighted by Gasteiger charge is 2.32. The molecule has 1 saturated heterocycles. The monoisotopic (exact) mass is 487 g/mol. The van der Waals surface area contributed by atoms with Gasteiger partial charge in [0.25, 0.3) is 5.91 Å². The summed E-state index contributed by atoms with van der Waals surface area (Å²) in [6.45, 7) is 0.528. The van der Waals surface area contributed by atoms with Crippen LogP contribution in [0.3, 0.4) is 0 Å². The second kappa shape index (κ2) is 9.81. The average molecular weight is 488 g/mol. The zero-order valence-electron chi connectivity index (χ0n) is 16.6. The third kappa shape index (κ3) is 5.35. The van der Waals surface area contributed by atoms with Crippen LogP contribution in [0.2, 0.25) is 5.02 Å². The van der Waals surface area contributed by atoms with Gasteiger partial charge in [-0.1, -0.05) is 65.9 Å². The Hall–Kier alpha value is -2.74. The molecule has 3 nitrogen and oxygen atoms in total. The second-order valence-electron chi connectivity index (χ2n) is 7.00. The molecule has 3 aromatic carbocycles. The highest BCUT2D eigenvalue weighted by atomic mass is 35.5. The predicted molar refractivity (Wildman–Crippen MR) is 127 cm³/mol. The Bertz CT molecular complexity index is 1200. The number of carbonyl (C=O) groups is 1. The van der Waals surface area contributed by atoms with Crippen LogP contribution in [0.15, 0.2) is 71.6 Å². The molecule has 32 heavy (non-hydrogen) atoms. The van der Waals surface area contributed by atoms with E-state index in [0.717, 1.165) is 16.7 Å². The number of carbonyl (C=O) groups excluding carboxylic acids is 1. The molecule has 1 fully saturated rings. The number of benzene rings is 3. The lowest BCUT2D eigenvalue weighted by Gasteiger charge is -2.14. The van der Waals surface area contributed by atoms with E-state index in [1.807, 2.05) is 0 Å². The van der Waals surface area contributed by atoms with Crippen molar-refractivity contribution >= 4 is 51.9 Å². The normalized spacial score (nSPS) is 15.0. The highest BCUT2D eigenvalue weighted by Crippen LogP contribution is 2.35. The molecular formula is C24H16ClF2NO2S2. The fraction of sp³-hybridized carbons (Fsp3) is 0.0833. The molecule has 1 heterocycles. The summed E-state index contributed by atoms with van der Waals surface area (Å²) in [5.74, 6) is -0.366. The highest BCUT2D eigenvalue weighted by molar-refractivity contribution is 8.26. The maximum atomic E-state index is 13.1. The van der Waals surface area contributed by atoms with Crippen molar-refractivity contribution in [1.82, 2.24) is 4.90 Å². The van der Waals surface area contributed by atoms with Crippen molar-refractivity contribution in [3.63, 3.8) is 0 Å². The first-order valence-corrected chi connectivity index (χ1v) is 11.2. The smallest absolute Gasteiger partial charge is 0.266 e. The number of hydrogen-bond donors (Lipinski definition) is 0. The maximum Gasteiger partial charge on any atom is 0.266 e. The minimum atomic E-state index is -0.332. The van der Waals surface area contributed by atoms with Gasteiger partial charge in [-0.25, -0.2) is 8.78 Å². The molecule has 3 aromatic rings. The van der Waals surface area contributed by atoms with Crippen molar-refractivity contribution in [1.29, 1.82) is 0 Å². The van der Waals surface area contributed by atoms with E-state index < -0.39 is 0 Å². The van der Waals surface area contributed by atoms with Gasteiger partial charge in [-0.15, -0.1) is 0 Å². The number of amides is 1. The standard InChI is InChI=1S/C24H16ClF2NO2S2/c25-20-11-17(5-10-21(20)30-14-16-3-8-19(27)9-4-16)12-22-23(29)28(24(31)32-22)13-15-1-6-18(26)7-2-15/h1-12H,13-14H2. The third-order valence-electron chi connectivity index (χ3n) is 4.69. The molecule has 0 bridgehead atoms. The van der Waals surface area contributed by atoms with Gasteiger partial charge in [-0.05, 0) is 59.2 Å². The first kappa shape index (κ1) is 22.5. The van der Waals surface area contributed by atoms with Gasteiger partial charge in [0, 0.05) is 0 Å². The van der Waals surface area contributed by atoms with E-state index in [1.54, 1.807) is 48.5 Å². The Balaban J connectivity index is 1.44. The topological polar surface area (TPSA) is 29.5 Å². The summed E-state index contributed by atoms with van der Waals surface area (Å²) in [7, 11) is 0. The summed E-state index contributed by atoms with van der Waals surface area (Å²) in [5, 5.41) is 0.391. The van der Waals surface area contributed by atoms with Crippen molar-refractivity contribution < 1.29 is 18.3 Å². The van der Waals surface area contributed by atoms with Crippen LogP contribution in [0, 0.1) is 11.6 Å². The van der Waals surface area contributed by atoms with E-state index in [9.17, 15) is 13.6 Å². The summed E-state index contributed by atoms with van der Waals surface area (Å²) in [4.78, 5) is 14.8. The lowest BCUT2D eigenvalue weighted by molar-refractivity contribution is -0.122. The van der Waals surface area contributed by atoms with Gasteiger partial charge in [0.1, 0.15) is 28.3 Å². The van der Waals surface area contributed by atoms with Crippen molar-refractivity contribution in [3.8, 4) is 5.75 Å². The zero-order chi connectivity index (χ0) is 22.7. The van der Waals surface area contributed by atoms with Crippen LogP contribution >= 0.6 is 35.6 Å². The molecular weight excluding hydrogens is 472 g/mol. The van der Waals surface area contributed by atoms with Gasteiger partial charge >= 0.3 is 0 Å². The van der Waals surface area contributed by atoms with Gasteiger partial charge in [0.05, 0.1) is 16.5 Å². The SMILES string of the molecule is O=C1C(=Cc2ccc(OCc3ccc(F)cc3)c(Cl)c2)SC(=S)N1Cc1ccc(F)cc1. The molecule has 0 spiro atoms. The van der Waals surface area contributed by atoms with Crippen LogP contribution in [0.4, 0.5) is 8.78 Å². The Morgan fingerprint density at radius 1 is 0.969 bits per heavy atom. The van der Waals surface area contributed by atoms with Crippen molar-refractivity contribution in [2.75, 3.05) is 0 Å². The maximum absolute atomic E-state index is 13.1. The summed E-state index contributed by atoms with van der Waals surface area (Å²) >= 11 is 12.9. The summed E-state index contributed by atoms with van der Waals surface area (Å²) < 4.78 is 32.3. The Labute approximate surface area is 198 Å². The largest absolute Gasteiger partial charge is 0.487 e. The number of ether oxygens (including phenoxy) is 1. The number of hydrogen-bond acceptors (Lipinski definition) is 4. The molecule has 0 saturated carbocycles. The van der Waals surface area contributed by atoms with Crippen LogP contribution in [0.5, 0.6) is 5.75 Å². The van der Waals surface area contributed by atoms with E-state index in [0.29, 0.717) is 20.0 Å². The number of rotatable bonds is 6. The molecule has 0 unspecified atom stereocenters. The minimum Gasteiger partial charge on any atom is -0.487 e. The van der Waals surface area contributed by atoms with E-state index >= 15 is 0 Å². The molecule has 162 valence electrons. The second-order valence-corrected chi connectivity index (χ2v) is 9.08. The van der Waals surface area contributed by atoms with Crippen LogP contribution in [-0.2, 0) is 17.9 Å². The lowest BCUT2D eigenvalue weighted by atomic mass is 10.2. The van der Waals surface area contributed by atoms with E-state index in [2.05, 4.69) is 0 Å². The Morgan fingerprint density at radius 3 is 2.22 bits per heavy atom. The first-order valence-electron chi connectivity index (χ1n) is 9.55. The van der Waals surface area contributed by atoms with Gasteiger partial charge in [0.2, 0.25) is 0 Å². The number of nitrogens with zero attached hydrogens (tertiary/aromatic N) is 1. The van der Waals surface area contributed by atoms with Crippen LogP contribution in [0.25, 0.3) is 6.08 Å². The predicted octanol–water partition coefficient (Wildman–Crippen LogP) is 6.60. The number of thioether (sulfide) groups is 1. The number of thiocarbonyl (C=S) groups is 1. The van der Waals surface area contributed by atoms with E-state index in [1.165, 1.54) is 40.9 Å². The van der Waals surface area contributed by atoms with E-state index in [4.69, 9.17) is 28.6 Å². The molecule has 0 N–H and O–H groups in total. The van der Waals surface area contributed by atoms with E-state index in [-0.39, 0.29) is 30.7 Å². The molecule has 0 aromatic heterocycles. The first-order chi connectivity index (χ1) is 15.4. The molecule has 1 aliphatic rings. The molecule has 1 aliphatic heterocycles. The van der Waals surface area contributed by atoms with Gasteiger partial charge in [0.15, 0.2) is 0 Å². The summed E-state index contributed by atoms with van der Waals surface area (Å²) in [5.41, 5.74) is 2.33. The van der Waals surface area contributed by atoms with Gasteiger partial charge < -0.3 is 4.74 Å². The van der Waals surface area contributed by atoms with Crippen molar-refractivity contribution in [3.05, 3.63) is 105 Å². The third-order valence-corrected chi connectivity index (χ3v) is 6.36. The molecule has 0 radical (unpaired) electrons. The van der Waals surface area contributed by atoms with Gasteiger partial charge in [-0.3, -0.25) is 9.69 Å². The van der Waals surface area contributed by atoms with Gasteiger partial charge in [-0.2, -0.15) is 0 Å². The molecule has 8 heteroatoms. The Kier molecular flexibility index (Phi) is 6.89. The molecule has 0 atom stereocenters. The van der Waals surface area contributed by atoms with Crippen LogP contribution in [0.1, 0.15) is 16.7 Å². The average Bonchev–Trinajstić information content (AvgIpc) is 3.03.